The van der Waals surface area contributed by atoms with Gasteiger partial charge in [-0.2, -0.15) is 0 Å². The van der Waals surface area contributed by atoms with E-state index in [9.17, 15) is 14.4 Å². The Morgan fingerprint density at radius 3 is 2.16 bits per heavy atom. The van der Waals surface area contributed by atoms with Gasteiger partial charge in [-0.05, 0) is 42.0 Å². The van der Waals surface area contributed by atoms with Crippen LogP contribution in [0.2, 0.25) is 10.0 Å². The van der Waals surface area contributed by atoms with Gasteiger partial charge in [0.15, 0.2) is 11.2 Å². The Bertz CT molecular complexity index is 1380. The molecule has 2 heterocycles. The van der Waals surface area contributed by atoms with E-state index in [1.165, 1.54) is 12.4 Å². The van der Waals surface area contributed by atoms with Crippen molar-refractivity contribution in [2.24, 2.45) is 0 Å². The number of nitrogens with zero attached hydrogens (tertiary/aromatic N) is 4. The lowest BCUT2D eigenvalue weighted by Gasteiger charge is -2.13. The van der Waals surface area contributed by atoms with E-state index in [4.69, 9.17) is 23.2 Å². The first kappa shape index (κ1) is 20.8. The Labute approximate surface area is 185 Å². The number of aromatic nitrogens is 4. The van der Waals surface area contributed by atoms with Crippen LogP contribution in [0, 0.1) is 0 Å². The summed E-state index contributed by atoms with van der Waals surface area (Å²) in [5.74, 6) is -0.465. The average Bonchev–Trinajstić information content (AvgIpc) is 2.77. The number of nitrogens with one attached hydrogen (secondary N) is 1. The van der Waals surface area contributed by atoms with Gasteiger partial charge >= 0.3 is 5.69 Å². The first-order chi connectivity index (χ1) is 14.9. The molecule has 4 rings (SSSR count). The second-order valence-electron chi connectivity index (χ2n) is 6.67. The fourth-order valence-corrected chi connectivity index (χ4v) is 3.31. The molecule has 2 aromatic carbocycles. The lowest BCUT2D eigenvalue weighted by Crippen LogP contribution is -2.42. The Morgan fingerprint density at radius 2 is 1.48 bits per heavy atom. The molecule has 0 fully saturated rings. The fraction of sp³-hybridized carbons (Fsp3) is 0.0952. The molecule has 0 unspecified atom stereocenters. The van der Waals surface area contributed by atoms with Crippen molar-refractivity contribution >= 4 is 46.0 Å². The average molecular weight is 456 g/mol. The second kappa shape index (κ2) is 8.71. The third-order valence-electron chi connectivity index (χ3n) is 4.53. The van der Waals surface area contributed by atoms with Crippen molar-refractivity contribution in [2.45, 2.75) is 13.1 Å². The number of benzene rings is 2. The molecule has 8 nitrogen and oxygen atoms in total. The largest absolute Gasteiger partial charge is 0.333 e. The van der Waals surface area contributed by atoms with Gasteiger partial charge < -0.3 is 5.32 Å². The van der Waals surface area contributed by atoms with Crippen molar-refractivity contribution in [1.82, 2.24) is 19.1 Å². The van der Waals surface area contributed by atoms with E-state index >= 15 is 0 Å². The summed E-state index contributed by atoms with van der Waals surface area (Å²) in [4.78, 5) is 46.8. The summed E-state index contributed by atoms with van der Waals surface area (Å²) in [6, 6.07) is 13.3. The zero-order chi connectivity index (χ0) is 22.0. The van der Waals surface area contributed by atoms with Crippen molar-refractivity contribution in [3.05, 3.63) is 97.4 Å². The maximum absolute atomic E-state index is 13.1. The van der Waals surface area contributed by atoms with Crippen LogP contribution in [0.15, 0.2) is 70.5 Å². The van der Waals surface area contributed by atoms with Gasteiger partial charge in [0.1, 0.15) is 6.54 Å². The predicted octanol–water partition coefficient (Wildman–Crippen LogP) is 2.95. The van der Waals surface area contributed by atoms with Crippen molar-refractivity contribution in [2.75, 3.05) is 5.32 Å². The summed E-state index contributed by atoms with van der Waals surface area (Å²) < 4.78 is 2.15. The smallest absolute Gasteiger partial charge is 0.325 e. The van der Waals surface area contributed by atoms with Crippen LogP contribution in [0.1, 0.15) is 5.56 Å². The third kappa shape index (κ3) is 4.50. The highest BCUT2D eigenvalue weighted by Gasteiger charge is 2.17. The molecule has 0 aliphatic carbocycles. The molecule has 156 valence electrons. The maximum Gasteiger partial charge on any atom is 0.333 e. The van der Waals surface area contributed by atoms with Crippen LogP contribution in [0.25, 0.3) is 11.2 Å². The number of fused-ring (bicyclic) bond motifs is 1. The van der Waals surface area contributed by atoms with Crippen LogP contribution >= 0.6 is 23.2 Å². The summed E-state index contributed by atoms with van der Waals surface area (Å²) in [7, 11) is 0. The SMILES string of the molecule is O=C(Cn1c(=O)n(Cc2ccc(Cl)cc2)c(=O)c2nccnc21)Nc1ccc(Cl)cc1. The summed E-state index contributed by atoms with van der Waals surface area (Å²) in [5, 5.41) is 3.76. The number of rotatable bonds is 5. The van der Waals surface area contributed by atoms with Crippen LogP contribution in [-0.4, -0.2) is 25.0 Å². The van der Waals surface area contributed by atoms with Crippen molar-refractivity contribution in [3.8, 4) is 0 Å². The van der Waals surface area contributed by atoms with E-state index in [1.807, 2.05) is 0 Å². The topological polar surface area (TPSA) is 98.9 Å². The van der Waals surface area contributed by atoms with Gasteiger partial charge in [-0.15, -0.1) is 0 Å². The number of anilines is 1. The van der Waals surface area contributed by atoms with Crippen molar-refractivity contribution < 1.29 is 4.79 Å². The molecule has 2 aromatic heterocycles. The Kier molecular flexibility index (Phi) is 5.83. The van der Waals surface area contributed by atoms with Crippen LogP contribution in [-0.2, 0) is 17.9 Å². The quantitative estimate of drug-likeness (QED) is 0.498. The minimum Gasteiger partial charge on any atom is -0.325 e. The van der Waals surface area contributed by atoms with E-state index in [2.05, 4.69) is 15.3 Å². The van der Waals surface area contributed by atoms with E-state index in [1.54, 1.807) is 48.5 Å². The zero-order valence-corrected chi connectivity index (χ0v) is 17.5. The Hall–Kier alpha value is -3.49. The van der Waals surface area contributed by atoms with E-state index < -0.39 is 17.2 Å². The number of carbonyl (C=O) groups is 1. The third-order valence-corrected chi connectivity index (χ3v) is 5.03. The van der Waals surface area contributed by atoms with Gasteiger partial charge in [0.05, 0.1) is 6.54 Å². The normalized spacial score (nSPS) is 10.9. The molecule has 0 bridgehead atoms. The molecule has 10 heteroatoms. The number of hydrogen-bond acceptors (Lipinski definition) is 5. The fourth-order valence-electron chi connectivity index (χ4n) is 3.06. The molecular formula is C21H15Cl2N5O3. The maximum atomic E-state index is 13.1. The summed E-state index contributed by atoms with van der Waals surface area (Å²) in [6.07, 6.45) is 2.72. The van der Waals surface area contributed by atoms with Gasteiger partial charge in [0.25, 0.3) is 5.56 Å². The van der Waals surface area contributed by atoms with E-state index in [0.29, 0.717) is 21.3 Å². The lowest BCUT2D eigenvalue weighted by molar-refractivity contribution is -0.116. The molecule has 0 radical (unpaired) electrons. The van der Waals surface area contributed by atoms with E-state index in [-0.39, 0.29) is 24.3 Å². The molecule has 31 heavy (non-hydrogen) atoms. The molecule has 0 atom stereocenters. The van der Waals surface area contributed by atoms with Crippen LogP contribution in [0.5, 0.6) is 0 Å². The van der Waals surface area contributed by atoms with Gasteiger partial charge in [-0.1, -0.05) is 35.3 Å². The first-order valence-corrected chi connectivity index (χ1v) is 9.92. The minimum atomic E-state index is -0.667. The van der Waals surface area contributed by atoms with E-state index in [0.717, 1.165) is 9.13 Å². The van der Waals surface area contributed by atoms with Crippen LogP contribution in [0.4, 0.5) is 5.69 Å². The van der Waals surface area contributed by atoms with Gasteiger partial charge in [-0.25, -0.2) is 14.8 Å². The number of halogens is 2. The van der Waals surface area contributed by atoms with Gasteiger partial charge in [0, 0.05) is 28.1 Å². The molecule has 0 saturated carbocycles. The lowest BCUT2D eigenvalue weighted by atomic mass is 10.2. The Morgan fingerprint density at radius 1 is 0.871 bits per heavy atom. The molecule has 0 aliphatic heterocycles. The van der Waals surface area contributed by atoms with Gasteiger partial charge in [-0.3, -0.25) is 18.7 Å². The number of carbonyl (C=O) groups excluding carboxylic acids is 1. The van der Waals surface area contributed by atoms with Crippen LogP contribution in [0.3, 0.4) is 0 Å². The molecule has 0 saturated heterocycles. The van der Waals surface area contributed by atoms with Gasteiger partial charge in [0.2, 0.25) is 5.91 Å². The molecular weight excluding hydrogens is 441 g/mol. The highest BCUT2D eigenvalue weighted by molar-refractivity contribution is 6.30. The Balaban J connectivity index is 1.74. The molecule has 1 amide bonds. The highest BCUT2D eigenvalue weighted by atomic mass is 35.5. The molecule has 1 N–H and O–H groups in total. The highest BCUT2D eigenvalue weighted by Crippen LogP contribution is 2.14. The summed E-state index contributed by atoms with van der Waals surface area (Å²) in [6.45, 7) is -0.349. The zero-order valence-electron chi connectivity index (χ0n) is 16.0. The molecule has 0 aliphatic rings. The van der Waals surface area contributed by atoms with Crippen LogP contribution < -0.4 is 16.6 Å². The summed E-state index contributed by atoms with van der Waals surface area (Å²) in [5.41, 5.74) is -0.000542. The summed E-state index contributed by atoms with van der Waals surface area (Å²) >= 11 is 11.8. The monoisotopic (exact) mass is 455 g/mol. The van der Waals surface area contributed by atoms with Crippen molar-refractivity contribution in [3.63, 3.8) is 0 Å². The standard InChI is InChI=1S/C21H15Cl2N5O3/c22-14-3-1-13(2-4-14)11-28-20(30)18-19(25-10-9-24-18)27(21(28)31)12-17(29)26-16-7-5-15(23)6-8-16/h1-10H,11-12H2,(H,26,29). The second-order valence-corrected chi connectivity index (χ2v) is 7.54. The molecule has 0 spiro atoms. The number of hydrogen-bond donors (Lipinski definition) is 1. The molecule has 4 aromatic rings. The predicted molar refractivity (Wildman–Crippen MR) is 119 cm³/mol. The first-order valence-electron chi connectivity index (χ1n) is 9.16. The number of amides is 1. The van der Waals surface area contributed by atoms with Crippen molar-refractivity contribution in [1.29, 1.82) is 0 Å². The minimum absolute atomic E-state index is 0.000152.